The minimum atomic E-state index is -0.372. The Morgan fingerprint density at radius 1 is 1.29 bits per heavy atom. The number of phenols is 1. The second-order valence-electron chi connectivity index (χ2n) is 3.54. The molecule has 3 N–H and O–H groups in total. The lowest BCUT2D eigenvalue weighted by Crippen LogP contribution is -2.27. The maximum absolute atomic E-state index is 9.54. The quantitative estimate of drug-likeness (QED) is 0.681. The Morgan fingerprint density at radius 3 is 2.50 bits per heavy atom. The first-order chi connectivity index (χ1) is 6.61. The highest BCUT2D eigenvalue weighted by Gasteiger charge is 2.09. The first kappa shape index (κ1) is 11.0. The van der Waals surface area contributed by atoms with Crippen LogP contribution < -0.4 is 5.32 Å². The Bertz CT molecular complexity index is 286. The molecule has 0 saturated heterocycles. The summed E-state index contributed by atoms with van der Waals surface area (Å²) in [7, 11) is 0. The topological polar surface area (TPSA) is 52.5 Å². The molecule has 0 aliphatic heterocycles. The average molecular weight is 195 g/mol. The third-order valence-electron chi connectivity index (χ3n) is 2.12. The minimum Gasteiger partial charge on any atom is -0.508 e. The monoisotopic (exact) mass is 195 g/mol. The summed E-state index contributed by atoms with van der Waals surface area (Å²) >= 11 is 0. The number of hydrogen-bond acceptors (Lipinski definition) is 3. The van der Waals surface area contributed by atoms with Gasteiger partial charge in [0.1, 0.15) is 5.75 Å². The molecule has 78 valence electrons. The Kier molecular flexibility index (Phi) is 3.92. The van der Waals surface area contributed by atoms with E-state index in [1.54, 1.807) is 19.1 Å². The fraction of sp³-hybridized carbons (Fsp3) is 0.455. The van der Waals surface area contributed by atoms with Crippen LogP contribution >= 0.6 is 0 Å². The zero-order valence-electron chi connectivity index (χ0n) is 8.57. The van der Waals surface area contributed by atoms with Crippen molar-refractivity contribution < 1.29 is 10.2 Å². The maximum atomic E-state index is 9.54. The number of aliphatic hydroxyl groups excluding tert-OH is 1. The van der Waals surface area contributed by atoms with E-state index in [4.69, 9.17) is 5.11 Å². The van der Waals surface area contributed by atoms with Crippen molar-refractivity contribution in [3.8, 4) is 5.75 Å². The van der Waals surface area contributed by atoms with E-state index in [0.29, 0.717) is 6.54 Å². The van der Waals surface area contributed by atoms with Crippen LogP contribution in [0.25, 0.3) is 0 Å². The molecule has 1 aromatic carbocycles. The van der Waals surface area contributed by atoms with Crippen LogP contribution in [-0.4, -0.2) is 22.9 Å². The van der Waals surface area contributed by atoms with E-state index in [0.717, 1.165) is 5.56 Å². The molecule has 0 amide bonds. The van der Waals surface area contributed by atoms with Gasteiger partial charge in [-0.05, 0) is 19.9 Å². The van der Waals surface area contributed by atoms with Gasteiger partial charge in [-0.2, -0.15) is 0 Å². The Morgan fingerprint density at radius 2 is 1.93 bits per heavy atom. The van der Waals surface area contributed by atoms with Crippen molar-refractivity contribution in [2.75, 3.05) is 6.54 Å². The van der Waals surface area contributed by atoms with Crippen molar-refractivity contribution in [2.45, 2.75) is 26.0 Å². The van der Waals surface area contributed by atoms with Crippen LogP contribution in [0.2, 0.25) is 0 Å². The van der Waals surface area contributed by atoms with Crippen LogP contribution in [0.5, 0.6) is 5.75 Å². The summed E-state index contributed by atoms with van der Waals surface area (Å²) in [6.07, 6.45) is -0.372. The molecule has 0 aromatic heterocycles. The summed E-state index contributed by atoms with van der Waals surface area (Å²) in [4.78, 5) is 0. The largest absolute Gasteiger partial charge is 0.508 e. The molecule has 0 spiro atoms. The van der Waals surface area contributed by atoms with Gasteiger partial charge in [-0.25, -0.2) is 0 Å². The number of hydrogen-bond donors (Lipinski definition) is 3. The molecule has 0 bridgehead atoms. The second kappa shape index (κ2) is 4.98. The molecule has 3 heteroatoms. The van der Waals surface area contributed by atoms with Gasteiger partial charge in [0.05, 0.1) is 6.10 Å². The van der Waals surface area contributed by atoms with E-state index >= 15 is 0 Å². The molecule has 0 heterocycles. The van der Waals surface area contributed by atoms with Crippen molar-refractivity contribution in [3.05, 3.63) is 29.8 Å². The van der Waals surface area contributed by atoms with Crippen molar-refractivity contribution in [1.29, 1.82) is 0 Å². The van der Waals surface area contributed by atoms with Crippen molar-refractivity contribution in [2.24, 2.45) is 0 Å². The second-order valence-corrected chi connectivity index (χ2v) is 3.54. The lowest BCUT2D eigenvalue weighted by molar-refractivity contribution is 0.187. The predicted octanol–water partition coefficient (Wildman–Crippen LogP) is 1.42. The van der Waals surface area contributed by atoms with Gasteiger partial charge >= 0.3 is 0 Å². The Labute approximate surface area is 84.4 Å². The molecule has 14 heavy (non-hydrogen) atoms. The number of aliphatic hydroxyl groups is 1. The van der Waals surface area contributed by atoms with Gasteiger partial charge in [0.2, 0.25) is 0 Å². The molecule has 1 aromatic rings. The zero-order valence-corrected chi connectivity index (χ0v) is 8.57. The fourth-order valence-corrected chi connectivity index (χ4v) is 1.31. The molecule has 1 unspecified atom stereocenters. The maximum Gasteiger partial charge on any atom is 0.120 e. The van der Waals surface area contributed by atoms with Crippen LogP contribution in [0, 0.1) is 0 Å². The summed E-state index contributed by atoms with van der Waals surface area (Å²) in [5.41, 5.74) is 0.855. The number of benzene rings is 1. The lowest BCUT2D eigenvalue weighted by atomic mass is 10.1. The van der Waals surface area contributed by atoms with Crippen molar-refractivity contribution in [1.82, 2.24) is 5.32 Å². The van der Waals surface area contributed by atoms with E-state index in [1.165, 1.54) is 0 Å². The molecule has 1 rings (SSSR count). The third-order valence-corrected chi connectivity index (χ3v) is 2.12. The van der Waals surface area contributed by atoms with Crippen LogP contribution in [0.15, 0.2) is 24.3 Å². The van der Waals surface area contributed by atoms with Gasteiger partial charge in [-0.1, -0.05) is 18.2 Å². The molecule has 0 aliphatic rings. The van der Waals surface area contributed by atoms with Gasteiger partial charge in [-0.3, -0.25) is 0 Å². The predicted molar refractivity (Wildman–Crippen MR) is 56.2 cm³/mol. The standard InChI is InChI=1S/C11H17NO2/c1-8(13)7-12-9(2)10-5-3-4-6-11(10)14/h3-6,8-9,12-14H,7H2,1-2H3/t8-,9?/m1/s1. The Balaban J connectivity index is 2.60. The number of rotatable bonds is 4. The smallest absolute Gasteiger partial charge is 0.120 e. The van der Waals surface area contributed by atoms with E-state index in [1.807, 2.05) is 19.1 Å². The highest BCUT2D eigenvalue weighted by atomic mass is 16.3. The van der Waals surface area contributed by atoms with Gasteiger partial charge in [0, 0.05) is 18.2 Å². The van der Waals surface area contributed by atoms with E-state index in [-0.39, 0.29) is 17.9 Å². The van der Waals surface area contributed by atoms with E-state index in [2.05, 4.69) is 5.32 Å². The summed E-state index contributed by atoms with van der Waals surface area (Å²) in [5, 5.41) is 21.8. The first-order valence-corrected chi connectivity index (χ1v) is 4.80. The average Bonchev–Trinajstić information content (AvgIpc) is 2.15. The minimum absolute atomic E-state index is 0.0470. The van der Waals surface area contributed by atoms with Crippen LogP contribution in [0.3, 0.4) is 0 Å². The highest BCUT2D eigenvalue weighted by Crippen LogP contribution is 2.22. The number of nitrogens with one attached hydrogen (secondary N) is 1. The van der Waals surface area contributed by atoms with Gasteiger partial charge in [-0.15, -0.1) is 0 Å². The molecule has 3 nitrogen and oxygen atoms in total. The van der Waals surface area contributed by atoms with Gasteiger partial charge in [0.15, 0.2) is 0 Å². The molecule has 0 fully saturated rings. The molecular weight excluding hydrogens is 178 g/mol. The third kappa shape index (κ3) is 3.01. The number of para-hydroxylation sites is 1. The summed E-state index contributed by atoms with van der Waals surface area (Å²) in [6, 6.07) is 7.26. The molecule has 0 aliphatic carbocycles. The van der Waals surface area contributed by atoms with Crippen LogP contribution in [-0.2, 0) is 0 Å². The highest BCUT2D eigenvalue weighted by molar-refractivity contribution is 5.34. The van der Waals surface area contributed by atoms with E-state index in [9.17, 15) is 5.11 Å². The first-order valence-electron chi connectivity index (χ1n) is 4.80. The SMILES string of the molecule is CC(NC[C@@H](C)O)c1ccccc1O. The fourth-order valence-electron chi connectivity index (χ4n) is 1.31. The van der Waals surface area contributed by atoms with Crippen molar-refractivity contribution >= 4 is 0 Å². The molecular formula is C11H17NO2. The molecule has 0 radical (unpaired) electrons. The van der Waals surface area contributed by atoms with Crippen LogP contribution in [0.4, 0.5) is 0 Å². The summed E-state index contributed by atoms with van der Waals surface area (Å²) in [6.45, 7) is 4.21. The van der Waals surface area contributed by atoms with Gasteiger partial charge < -0.3 is 15.5 Å². The number of aromatic hydroxyl groups is 1. The molecule has 2 atom stereocenters. The van der Waals surface area contributed by atoms with E-state index < -0.39 is 0 Å². The number of phenolic OH excluding ortho intramolecular Hbond substituents is 1. The lowest BCUT2D eigenvalue weighted by Gasteiger charge is -2.16. The summed E-state index contributed by atoms with van der Waals surface area (Å²) in [5.74, 6) is 0.290. The Hall–Kier alpha value is -1.06. The van der Waals surface area contributed by atoms with Gasteiger partial charge in [0.25, 0.3) is 0 Å². The van der Waals surface area contributed by atoms with Crippen molar-refractivity contribution in [3.63, 3.8) is 0 Å². The summed E-state index contributed by atoms with van der Waals surface area (Å²) < 4.78 is 0. The zero-order chi connectivity index (χ0) is 10.6. The molecule has 0 saturated carbocycles. The van der Waals surface area contributed by atoms with Crippen LogP contribution in [0.1, 0.15) is 25.5 Å². The normalized spacial score (nSPS) is 15.1.